The highest BCUT2D eigenvalue weighted by molar-refractivity contribution is 6.02. The maximum atomic E-state index is 12.9. The number of fused-ring (bicyclic) bond motifs is 1. The van der Waals surface area contributed by atoms with Crippen LogP contribution in [0.15, 0.2) is 59.4 Å². The van der Waals surface area contributed by atoms with Crippen molar-refractivity contribution < 1.29 is 14.3 Å². The van der Waals surface area contributed by atoms with E-state index in [4.69, 9.17) is 4.74 Å². The lowest BCUT2D eigenvalue weighted by Gasteiger charge is -2.35. The van der Waals surface area contributed by atoms with Crippen LogP contribution in [0.3, 0.4) is 0 Å². The molecule has 8 heteroatoms. The van der Waals surface area contributed by atoms with Crippen molar-refractivity contribution in [3.05, 3.63) is 76.2 Å². The first-order valence-corrected chi connectivity index (χ1v) is 11.2. The van der Waals surface area contributed by atoms with Gasteiger partial charge in [0.2, 0.25) is 0 Å². The van der Waals surface area contributed by atoms with Gasteiger partial charge in [0.05, 0.1) is 5.39 Å². The molecule has 3 aromatic rings. The largest absolute Gasteiger partial charge is 0.448 e. The molecule has 2 aromatic carbocycles. The Balaban J connectivity index is 1.40. The number of nitrogens with zero attached hydrogens (tertiary/aromatic N) is 4. The zero-order valence-electron chi connectivity index (χ0n) is 18.9. The summed E-state index contributed by atoms with van der Waals surface area (Å²) in [6.07, 6.45) is -0.944. The number of carbonyl (C=O) groups is 2. The highest BCUT2D eigenvalue weighted by Gasteiger charge is 2.28. The van der Waals surface area contributed by atoms with Crippen molar-refractivity contribution in [2.75, 3.05) is 26.2 Å². The van der Waals surface area contributed by atoms with Crippen molar-refractivity contribution in [1.82, 2.24) is 19.6 Å². The summed E-state index contributed by atoms with van der Waals surface area (Å²) >= 11 is 0. The first-order valence-electron chi connectivity index (χ1n) is 11.2. The van der Waals surface area contributed by atoms with Gasteiger partial charge in [0.1, 0.15) is 0 Å². The zero-order chi connectivity index (χ0) is 23.4. The number of esters is 1. The summed E-state index contributed by atoms with van der Waals surface area (Å²) in [4.78, 5) is 42.4. The second-order valence-corrected chi connectivity index (χ2v) is 8.15. The molecule has 1 aliphatic heterocycles. The van der Waals surface area contributed by atoms with Crippen molar-refractivity contribution in [1.29, 1.82) is 0 Å². The maximum Gasteiger partial charge on any atom is 0.360 e. The fourth-order valence-corrected chi connectivity index (χ4v) is 4.09. The minimum atomic E-state index is -0.944. The number of ether oxygens (including phenoxy) is 1. The van der Waals surface area contributed by atoms with E-state index in [2.05, 4.69) is 22.1 Å². The summed E-state index contributed by atoms with van der Waals surface area (Å²) in [6, 6.07) is 17.0. The molecular formula is C25H28N4O4. The number of piperazine rings is 1. The molecule has 0 aliphatic carbocycles. The Morgan fingerprint density at radius 2 is 1.61 bits per heavy atom. The van der Waals surface area contributed by atoms with E-state index >= 15 is 0 Å². The van der Waals surface area contributed by atoms with Crippen molar-refractivity contribution in [3.63, 3.8) is 0 Å². The van der Waals surface area contributed by atoms with Crippen molar-refractivity contribution in [2.45, 2.75) is 33.0 Å². The number of rotatable bonds is 6. The van der Waals surface area contributed by atoms with Gasteiger partial charge < -0.3 is 9.64 Å². The molecule has 1 atom stereocenters. The number of aryl methyl sites for hydroxylation is 1. The fraction of sp³-hybridized carbons (Fsp3) is 0.360. The molecule has 172 valence electrons. The van der Waals surface area contributed by atoms with Gasteiger partial charge in [-0.05, 0) is 25.5 Å². The molecule has 1 saturated heterocycles. The average Bonchev–Trinajstić information content (AvgIpc) is 2.85. The highest BCUT2D eigenvalue weighted by atomic mass is 16.5. The average molecular weight is 449 g/mol. The van der Waals surface area contributed by atoms with E-state index in [1.54, 1.807) is 43.0 Å². The smallest absolute Gasteiger partial charge is 0.360 e. The zero-order valence-corrected chi connectivity index (χ0v) is 18.9. The van der Waals surface area contributed by atoms with Gasteiger partial charge in [-0.3, -0.25) is 14.5 Å². The SMILES string of the molecule is CCn1nc(C(=O)OC(C)C(=O)N2CCN(Cc3ccccc3)CC2)c2ccccc2c1=O. The lowest BCUT2D eigenvalue weighted by Crippen LogP contribution is -2.51. The lowest BCUT2D eigenvalue weighted by atomic mass is 10.1. The molecule has 8 nitrogen and oxygen atoms in total. The van der Waals surface area contributed by atoms with Gasteiger partial charge in [0.15, 0.2) is 11.8 Å². The standard InChI is InChI=1S/C25H28N4O4/c1-3-29-24(31)21-12-8-7-11-20(21)22(26-29)25(32)33-18(2)23(30)28-15-13-27(14-16-28)17-19-9-5-4-6-10-19/h4-12,18H,3,13-17H2,1-2H3. The normalized spacial score (nSPS) is 15.4. The molecule has 1 aromatic heterocycles. The minimum Gasteiger partial charge on any atom is -0.448 e. The van der Waals surface area contributed by atoms with Gasteiger partial charge in [-0.2, -0.15) is 5.10 Å². The summed E-state index contributed by atoms with van der Waals surface area (Å²) < 4.78 is 6.73. The van der Waals surface area contributed by atoms with Crippen LogP contribution in [0, 0.1) is 0 Å². The molecule has 0 bridgehead atoms. The van der Waals surface area contributed by atoms with E-state index in [-0.39, 0.29) is 17.2 Å². The van der Waals surface area contributed by atoms with Crippen LogP contribution in [0.1, 0.15) is 29.9 Å². The Morgan fingerprint density at radius 1 is 0.970 bits per heavy atom. The Bertz CT molecular complexity index is 1200. The lowest BCUT2D eigenvalue weighted by molar-refractivity contribution is -0.141. The molecule has 1 amide bonds. The van der Waals surface area contributed by atoms with Gasteiger partial charge in [-0.15, -0.1) is 0 Å². The molecular weight excluding hydrogens is 420 g/mol. The van der Waals surface area contributed by atoms with Crippen LogP contribution in [0.25, 0.3) is 10.8 Å². The van der Waals surface area contributed by atoms with Crippen molar-refractivity contribution >= 4 is 22.6 Å². The third kappa shape index (κ3) is 4.96. The molecule has 0 saturated carbocycles. The summed E-state index contributed by atoms with van der Waals surface area (Å²) in [6.45, 7) is 7.20. The molecule has 1 fully saturated rings. The van der Waals surface area contributed by atoms with Gasteiger partial charge in [-0.1, -0.05) is 48.5 Å². The second-order valence-electron chi connectivity index (χ2n) is 8.15. The molecule has 0 spiro atoms. The number of benzene rings is 2. The van der Waals surface area contributed by atoms with E-state index in [1.807, 2.05) is 18.2 Å². The summed E-state index contributed by atoms with van der Waals surface area (Å²) in [5.74, 6) is -0.937. The quantitative estimate of drug-likeness (QED) is 0.538. The molecule has 2 heterocycles. The summed E-state index contributed by atoms with van der Waals surface area (Å²) in [5, 5.41) is 5.01. The van der Waals surface area contributed by atoms with E-state index in [0.29, 0.717) is 30.4 Å². The fourth-order valence-electron chi connectivity index (χ4n) is 4.09. The Labute approximate surface area is 192 Å². The van der Waals surface area contributed by atoms with Crippen LogP contribution < -0.4 is 5.56 Å². The van der Waals surface area contributed by atoms with E-state index in [0.717, 1.165) is 19.6 Å². The number of aromatic nitrogens is 2. The second kappa shape index (κ2) is 9.95. The van der Waals surface area contributed by atoms with Crippen molar-refractivity contribution in [2.24, 2.45) is 0 Å². The Morgan fingerprint density at radius 3 is 2.27 bits per heavy atom. The van der Waals surface area contributed by atoms with E-state index in [1.165, 1.54) is 10.2 Å². The van der Waals surface area contributed by atoms with Gasteiger partial charge in [0.25, 0.3) is 11.5 Å². The predicted molar refractivity (Wildman–Crippen MR) is 125 cm³/mol. The summed E-state index contributed by atoms with van der Waals surface area (Å²) in [5.41, 5.74) is 1.02. The Kier molecular flexibility index (Phi) is 6.84. The molecule has 0 N–H and O–H groups in total. The van der Waals surface area contributed by atoms with Crippen molar-refractivity contribution in [3.8, 4) is 0 Å². The molecule has 33 heavy (non-hydrogen) atoms. The van der Waals surface area contributed by atoms with Crippen LogP contribution in [-0.2, 0) is 22.6 Å². The topological polar surface area (TPSA) is 84.7 Å². The summed E-state index contributed by atoms with van der Waals surface area (Å²) in [7, 11) is 0. The number of carbonyl (C=O) groups excluding carboxylic acids is 2. The van der Waals surface area contributed by atoms with Crippen LogP contribution >= 0.6 is 0 Å². The van der Waals surface area contributed by atoms with Gasteiger partial charge in [-0.25, -0.2) is 9.48 Å². The number of hydrogen-bond acceptors (Lipinski definition) is 6. The van der Waals surface area contributed by atoms with Crippen LogP contribution in [-0.4, -0.2) is 63.7 Å². The molecule has 1 unspecified atom stereocenters. The predicted octanol–water partition coefficient (Wildman–Crippen LogP) is 2.31. The van der Waals surface area contributed by atoms with E-state index in [9.17, 15) is 14.4 Å². The van der Waals surface area contributed by atoms with E-state index < -0.39 is 12.1 Å². The van der Waals surface area contributed by atoms with Crippen LogP contribution in [0.4, 0.5) is 0 Å². The van der Waals surface area contributed by atoms with Gasteiger partial charge in [0, 0.05) is 44.7 Å². The van der Waals surface area contributed by atoms with Crippen LogP contribution in [0.5, 0.6) is 0 Å². The van der Waals surface area contributed by atoms with Crippen LogP contribution in [0.2, 0.25) is 0 Å². The minimum absolute atomic E-state index is 0.0411. The number of hydrogen-bond donors (Lipinski definition) is 0. The third-order valence-corrected chi connectivity index (χ3v) is 5.93. The molecule has 4 rings (SSSR count). The van der Waals surface area contributed by atoms with Gasteiger partial charge >= 0.3 is 5.97 Å². The first kappa shape index (κ1) is 22.7. The maximum absolute atomic E-state index is 12.9. The first-order chi connectivity index (χ1) is 16.0. The third-order valence-electron chi connectivity index (χ3n) is 5.93. The number of amides is 1. The molecule has 0 radical (unpaired) electrons. The Hall–Kier alpha value is -3.52. The molecule has 1 aliphatic rings. The monoisotopic (exact) mass is 448 g/mol. The highest BCUT2D eigenvalue weighted by Crippen LogP contribution is 2.16.